The van der Waals surface area contributed by atoms with Gasteiger partial charge in [-0.3, -0.25) is 0 Å². The Morgan fingerprint density at radius 3 is 2.85 bits per heavy atom. The van der Waals surface area contributed by atoms with Gasteiger partial charge in [-0.25, -0.2) is 0 Å². The van der Waals surface area contributed by atoms with Crippen molar-refractivity contribution in [3.63, 3.8) is 0 Å². The molecule has 0 N–H and O–H groups in total. The minimum atomic E-state index is -0.0354. The number of alkyl halides is 1. The highest BCUT2D eigenvalue weighted by molar-refractivity contribution is 9.08. The molecule has 1 aromatic carbocycles. The molecule has 70 valence electrons. The standard InChI is InChI=1S/C10H11BrOS/c1-7(6-12)8-2-3-10(13)9(4-8)5-11/h2-4,6-7,13H,5H2,1H3. The SMILES string of the molecule is CC(C=O)c1ccc(S)c(CBr)c1. The fraction of sp³-hybridized carbons (Fsp3) is 0.300. The summed E-state index contributed by atoms with van der Waals surface area (Å²) in [4.78, 5) is 11.5. The predicted molar refractivity (Wildman–Crippen MR) is 60.8 cm³/mol. The molecule has 1 aromatic rings. The van der Waals surface area contributed by atoms with Crippen LogP contribution in [0.15, 0.2) is 23.1 Å². The summed E-state index contributed by atoms with van der Waals surface area (Å²) in [7, 11) is 0. The van der Waals surface area contributed by atoms with E-state index < -0.39 is 0 Å². The third-order valence-corrected chi connectivity index (χ3v) is 3.02. The van der Waals surface area contributed by atoms with Crippen molar-refractivity contribution in [2.75, 3.05) is 0 Å². The number of rotatable bonds is 3. The van der Waals surface area contributed by atoms with E-state index in [1.807, 2.05) is 25.1 Å². The van der Waals surface area contributed by atoms with E-state index in [-0.39, 0.29) is 5.92 Å². The first-order chi connectivity index (χ1) is 6.19. The van der Waals surface area contributed by atoms with Gasteiger partial charge >= 0.3 is 0 Å². The van der Waals surface area contributed by atoms with Crippen molar-refractivity contribution in [2.45, 2.75) is 23.1 Å². The zero-order chi connectivity index (χ0) is 9.84. The van der Waals surface area contributed by atoms with Crippen molar-refractivity contribution in [3.05, 3.63) is 29.3 Å². The number of aldehydes is 1. The first-order valence-corrected chi connectivity index (χ1v) is 5.59. The zero-order valence-corrected chi connectivity index (χ0v) is 9.81. The lowest BCUT2D eigenvalue weighted by Crippen LogP contribution is -1.95. The largest absolute Gasteiger partial charge is 0.303 e. The van der Waals surface area contributed by atoms with Gasteiger partial charge in [0.25, 0.3) is 0 Å². The highest BCUT2D eigenvalue weighted by atomic mass is 79.9. The Labute approximate surface area is 92.1 Å². The van der Waals surface area contributed by atoms with Crippen LogP contribution in [0.2, 0.25) is 0 Å². The number of thiol groups is 1. The van der Waals surface area contributed by atoms with Gasteiger partial charge in [-0.1, -0.05) is 35.0 Å². The quantitative estimate of drug-likeness (QED) is 0.501. The number of benzene rings is 1. The predicted octanol–water partition coefficient (Wildman–Crippen LogP) is 3.17. The summed E-state index contributed by atoms with van der Waals surface area (Å²) in [5, 5.41) is 0.769. The molecule has 1 unspecified atom stereocenters. The fourth-order valence-corrected chi connectivity index (χ4v) is 1.97. The van der Waals surface area contributed by atoms with Crippen LogP contribution >= 0.6 is 28.6 Å². The number of carbonyl (C=O) groups excluding carboxylic acids is 1. The van der Waals surface area contributed by atoms with Gasteiger partial charge in [0.15, 0.2) is 0 Å². The average Bonchev–Trinajstić information content (AvgIpc) is 2.17. The zero-order valence-electron chi connectivity index (χ0n) is 7.33. The molecule has 0 spiro atoms. The van der Waals surface area contributed by atoms with Gasteiger partial charge in [0.1, 0.15) is 6.29 Å². The van der Waals surface area contributed by atoms with Crippen LogP contribution in [0, 0.1) is 0 Å². The molecule has 0 aliphatic carbocycles. The van der Waals surface area contributed by atoms with Crippen LogP contribution in [-0.4, -0.2) is 6.29 Å². The number of hydrogen-bond donors (Lipinski definition) is 1. The highest BCUT2D eigenvalue weighted by Crippen LogP contribution is 2.22. The number of carbonyl (C=O) groups is 1. The summed E-state index contributed by atoms with van der Waals surface area (Å²) in [5.74, 6) is -0.0354. The van der Waals surface area contributed by atoms with Gasteiger partial charge in [-0.15, -0.1) is 12.6 Å². The summed E-state index contributed by atoms with van der Waals surface area (Å²) in [5.41, 5.74) is 2.16. The second kappa shape index (κ2) is 4.82. The van der Waals surface area contributed by atoms with Crippen molar-refractivity contribution >= 4 is 34.8 Å². The number of hydrogen-bond acceptors (Lipinski definition) is 2. The van der Waals surface area contributed by atoms with E-state index in [0.29, 0.717) is 0 Å². The Morgan fingerprint density at radius 1 is 1.62 bits per heavy atom. The molecule has 3 heteroatoms. The van der Waals surface area contributed by atoms with Gasteiger partial charge in [-0.2, -0.15) is 0 Å². The van der Waals surface area contributed by atoms with Crippen LogP contribution in [-0.2, 0) is 10.1 Å². The molecule has 0 bridgehead atoms. The van der Waals surface area contributed by atoms with Crippen molar-refractivity contribution < 1.29 is 4.79 Å². The van der Waals surface area contributed by atoms with E-state index >= 15 is 0 Å². The topological polar surface area (TPSA) is 17.1 Å². The Hall–Kier alpha value is -0.280. The van der Waals surface area contributed by atoms with Crippen LogP contribution in [0.5, 0.6) is 0 Å². The molecule has 0 aliphatic rings. The van der Waals surface area contributed by atoms with Crippen LogP contribution in [0.3, 0.4) is 0 Å². The molecule has 1 nitrogen and oxygen atoms in total. The average molecular weight is 259 g/mol. The van der Waals surface area contributed by atoms with Crippen LogP contribution in [0.4, 0.5) is 0 Å². The van der Waals surface area contributed by atoms with Gasteiger partial charge in [0.05, 0.1) is 0 Å². The minimum absolute atomic E-state index is 0.0354. The maximum atomic E-state index is 10.6. The Morgan fingerprint density at radius 2 is 2.31 bits per heavy atom. The second-order valence-electron chi connectivity index (χ2n) is 2.95. The molecule has 0 saturated carbocycles. The molecule has 0 heterocycles. The molecular formula is C10H11BrOS. The first-order valence-electron chi connectivity index (χ1n) is 4.02. The number of halogens is 1. The van der Waals surface area contributed by atoms with E-state index in [4.69, 9.17) is 0 Å². The molecular weight excluding hydrogens is 248 g/mol. The Balaban J connectivity index is 3.05. The lowest BCUT2D eigenvalue weighted by atomic mass is 10.0. The van der Waals surface area contributed by atoms with Gasteiger partial charge < -0.3 is 4.79 Å². The first kappa shape index (κ1) is 10.8. The van der Waals surface area contributed by atoms with Crippen LogP contribution in [0.25, 0.3) is 0 Å². The Kier molecular flexibility index (Phi) is 4.00. The van der Waals surface area contributed by atoms with E-state index in [2.05, 4.69) is 28.6 Å². The van der Waals surface area contributed by atoms with Crippen LogP contribution in [0.1, 0.15) is 24.0 Å². The third kappa shape index (κ3) is 2.58. The fourth-order valence-electron chi connectivity index (χ4n) is 1.07. The molecule has 1 atom stereocenters. The Bertz CT molecular complexity index is 312. The monoisotopic (exact) mass is 258 g/mol. The lowest BCUT2D eigenvalue weighted by molar-refractivity contribution is -0.108. The normalized spacial score (nSPS) is 12.5. The van der Waals surface area contributed by atoms with Crippen molar-refractivity contribution in [1.82, 2.24) is 0 Å². The summed E-state index contributed by atoms with van der Waals surface area (Å²) >= 11 is 7.68. The summed E-state index contributed by atoms with van der Waals surface area (Å²) in [6.07, 6.45) is 0.950. The second-order valence-corrected chi connectivity index (χ2v) is 3.99. The van der Waals surface area contributed by atoms with E-state index in [0.717, 1.165) is 27.6 Å². The lowest BCUT2D eigenvalue weighted by Gasteiger charge is -2.07. The molecule has 0 amide bonds. The minimum Gasteiger partial charge on any atom is -0.303 e. The molecule has 0 aromatic heterocycles. The summed E-state index contributed by atoms with van der Waals surface area (Å²) in [6, 6.07) is 5.87. The third-order valence-electron chi connectivity index (χ3n) is 1.98. The summed E-state index contributed by atoms with van der Waals surface area (Å²) in [6.45, 7) is 1.89. The van der Waals surface area contributed by atoms with Gasteiger partial charge in [-0.05, 0) is 17.2 Å². The van der Waals surface area contributed by atoms with Crippen molar-refractivity contribution in [2.24, 2.45) is 0 Å². The van der Waals surface area contributed by atoms with E-state index in [1.165, 1.54) is 0 Å². The highest BCUT2D eigenvalue weighted by Gasteiger charge is 2.05. The summed E-state index contributed by atoms with van der Waals surface area (Å²) < 4.78 is 0. The smallest absolute Gasteiger partial charge is 0.127 e. The van der Waals surface area contributed by atoms with Gasteiger partial charge in [0.2, 0.25) is 0 Å². The van der Waals surface area contributed by atoms with Crippen molar-refractivity contribution in [1.29, 1.82) is 0 Å². The maximum Gasteiger partial charge on any atom is 0.127 e. The molecule has 0 radical (unpaired) electrons. The molecule has 0 saturated heterocycles. The van der Waals surface area contributed by atoms with E-state index in [9.17, 15) is 4.79 Å². The maximum absolute atomic E-state index is 10.6. The molecule has 1 rings (SSSR count). The molecule has 13 heavy (non-hydrogen) atoms. The molecule has 0 aliphatic heterocycles. The van der Waals surface area contributed by atoms with E-state index in [1.54, 1.807) is 0 Å². The molecule has 0 fully saturated rings. The van der Waals surface area contributed by atoms with Gasteiger partial charge in [0, 0.05) is 16.1 Å². The van der Waals surface area contributed by atoms with Crippen LogP contribution < -0.4 is 0 Å². The van der Waals surface area contributed by atoms with Crippen molar-refractivity contribution in [3.8, 4) is 0 Å².